The first kappa shape index (κ1) is 32.3. The Labute approximate surface area is 298 Å². The predicted molar refractivity (Wildman–Crippen MR) is 210 cm³/mol. The molecule has 0 radical (unpaired) electrons. The molecule has 0 fully saturated rings. The van der Waals surface area contributed by atoms with Crippen LogP contribution in [0.2, 0.25) is 0 Å². The van der Waals surface area contributed by atoms with Crippen molar-refractivity contribution in [3.8, 4) is 28.3 Å². The topological polar surface area (TPSA) is 67.3 Å². The van der Waals surface area contributed by atoms with Gasteiger partial charge in [-0.1, -0.05) is 102 Å². The maximum Gasteiger partial charge on any atom is 0.144 e. The lowest BCUT2D eigenvalue weighted by Gasteiger charge is -2.27. The van der Waals surface area contributed by atoms with Crippen LogP contribution in [-0.2, 0) is 17.9 Å². The quantitative estimate of drug-likeness (QED) is 0.197. The van der Waals surface area contributed by atoms with E-state index in [2.05, 4.69) is 118 Å². The van der Waals surface area contributed by atoms with Crippen molar-refractivity contribution in [2.45, 2.75) is 52.4 Å². The molecule has 5 aromatic carbocycles. The SMILES string of the molecule is Cn1c(-c2cc(C(C)(C)C)cc(C(C)(C)C)c2O)nc2c(-c3cccc(N(c4ccccn4)c4cccc5oc6ccccc6c45)c3)cccc21. The summed E-state index contributed by atoms with van der Waals surface area (Å²) in [6.45, 7) is 13.0. The summed E-state index contributed by atoms with van der Waals surface area (Å²) in [6, 6.07) is 39.4. The summed E-state index contributed by atoms with van der Waals surface area (Å²) in [5.74, 6) is 1.82. The minimum absolute atomic E-state index is 0.106. The number of fused-ring (bicyclic) bond motifs is 4. The largest absolute Gasteiger partial charge is 0.507 e. The lowest BCUT2D eigenvalue weighted by atomic mass is 9.79. The van der Waals surface area contributed by atoms with E-state index in [1.165, 1.54) is 0 Å². The molecule has 0 aliphatic carbocycles. The van der Waals surface area contributed by atoms with Gasteiger partial charge in [0.25, 0.3) is 0 Å². The minimum Gasteiger partial charge on any atom is -0.507 e. The van der Waals surface area contributed by atoms with Gasteiger partial charge in [0.15, 0.2) is 0 Å². The zero-order chi connectivity index (χ0) is 35.7. The maximum atomic E-state index is 11.8. The van der Waals surface area contributed by atoms with Crippen LogP contribution < -0.4 is 4.90 Å². The minimum atomic E-state index is -0.247. The van der Waals surface area contributed by atoms with Crippen molar-refractivity contribution in [1.29, 1.82) is 0 Å². The van der Waals surface area contributed by atoms with Gasteiger partial charge in [-0.25, -0.2) is 9.97 Å². The molecule has 0 amide bonds. The van der Waals surface area contributed by atoms with Crippen molar-refractivity contribution in [3.63, 3.8) is 0 Å². The van der Waals surface area contributed by atoms with E-state index in [4.69, 9.17) is 14.4 Å². The average molecular weight is 671 g/mol. The van der Waals surface area contributed by atoms with Gasteiger partial charge in [-0.2, -0.15) is 0 Å². The van der Waals surface area contributed by atoms with Crippen molar-refractivity contribution in [2.75, 3.05) is 4.90 Å². The number of phenolic OH excluding ortho intramolecular Hbond substituents is 1. The Bertz CT molecular complexity index is 2580. The van der Waals surface area contributed by atoms with E-state index in [0.29, 0.717) is 0 Å². The highest BCUT2D eigenvalue weighted by molar-refractivity contribution is 6.13. The summed E-state index contributed by atoms with van der Waals surface area (Å²) in [5, 5.41) is 13.9. The fourth-order valence-corrected chi connectivity index (χ4v) is 7.13. The van der Waals surface area contributed by atoms with E-state index in [1.54, 1.807) is 0 Å². The fraction of sp³-hybridized carbons (Fsp3) is 0.200. The number of phenols is 1. The molecular formula is C45H42N4O2. The summed E-state index contributed by atoms with van der Waals surface area (Å²) in [4.78, 5) is 12.3. The molecule has 254 valence electrons. The van der Waals surface area contributed by atoms with Gasteiger partial charge in [-0.05, 0) is 76.6 Å². The van der Waals surface area contributed by atoms with Gasteiger partial charge in [0, 0.05) is 35.4 Å². The molecule has 51 heavy (non-hydrogen) atoms. The second-order valence-corrected chi connectivity index (χ2v) is 15.4. The number of hydrogen-bond acceptors (Lipinski definition) is 5. The predicted octanol–water partition coefficient (Wildman–Crippen LogP) is 12.0. The van der Waals surface area contributed by atoms with Gasteiger partial charge in [-0.3, -0.25) is 4.90 Å². The molecule has 1 N–H and O–H groups in total. The van der Waals surface area contributed by atoms with Crippen LogP contribution in [0.25, 0.3) is 55.5 Å². The summed E-state index contributed by atoms with van der Waals surface area (Å²) in [6.07, 6.45) is 1.82. The van der Waals surface area contributed by atoms with Gasteiger partial charge in [0.2, 0.25) is 0 Å². The van der Waals surface area contributed by atoms with Crippen LogP contribution in [0.1, 0.15) is 52.7 Å². The number of imidazole rings is 1. The molecule has 8 rings (SSSR count). The van der Waals surface area contributed by atoms with E-state index >= 15 is 0 Å². The second kappa shape index (κ2) is 11.9. The molecule has 0 saturated carbocycles. The van der Waals surface area contributed by atoms with Gasteiger partial charge < -0.3 is 14.1 Å². The lowest BCUT2D eigenvalue weighted by Crippen LogP contribution is -2.17. The number of pyridine rings is 1. The number of anilines is 3. The summed E-state index contributed by atoms with van der Waals surface area (Å²) in [7, 11) is 2.03. The Morgan fingerprint density at radius 2 is 1.45 bits per heavy atom. The summed E-state index contributed by atoms with van der Waals surface area (Å²) < 4.78 is 8.39. The van der Waals surface area contributed by atoms with E-state index in [9.17, 15) is 5.11 Å². The highest BCUT2D eigenvalue weighted by Crippen LogP contribution is 2.45. The molecule has 3 aromatic heterocycles. The van der Waals surface area contributed by atoms with Crippen molar-refractivity contribution in [1.82, 2.24) is 14.5 Å². The number of benzene rings is 5. The molecule has 0 spiro atoms. The maximum absolute atomic E-state index is 11.8. The Balaban J connectivity index is 1.32. The highest BCUT2D eigenvalue weighted by Gasteiger charge is 2.28. The smallest absolute Gasteiger partial charge is 0.144 e. The third-order valence-corrected chi connectivity index (χ3v) is 9.85. The highest BCUT2D eigenvalue weighted by atomic mass is 16.3. The Morgan fingerprint density at radius 3 is 2.22 bits per heavy atom. The first-order valence-corrected chi connectivity index (χ1v) is 17.5. The first-order chi connectivity index (χ1) is 24.4. The molecule has 0 bridgehead atoms. The van der Waals surface area contributed by atoms with Crippen LogP contribution in [0.5, 0.6) is 5.75 Å². The van der Waals surface area contributed by atoms with E-state index in [-0.39, 0.29) is 16.6 Å². The van der Waals surface area contributed by atoms with Crippen molar-refractivity contribution in [3.05, 3.63) is 133 Å². The first-order valence-electron chi connectivity index (χ1n) is 17.5. The molecular weight excluding hydrogens is 629 g/mol. The van der Waals surface area contributed by atoms with Crippen molar-refractivity contribution >= 4 is 50.2 Å². The second-order valence-electron chi connectivity index (χ2n) is 15.4. The monoisotopic (exact) mass is 670 g/mol. The summed E-state index contributed by atoms with van der Waals surface area (Å²) >= 11 is 0. The Kier molecular flexibility index (Phi) is 7.53. The molecule has 6 nitrogen and oxygen atoms in total. The number of furan rings is 1. The van der Waals surface area contributed by atoms with Crippen LogP contribution in [0, 0.1) is 0 Å². The Hall–Kier alpha value is -5.88. The molecule has 0 aliphatic rings. The molecule has 0 saturated heterocycles. The van der Waals surface area contributed by atoms with Crippen molar-refractivity contribution in [2.24, 2.45) is 7.05 Å². The molecule has 0 atom stereocenters. The molecule has 0 unspecified atom stereocenters. The number of nitrogens with zero attached hydrogens (tertiary/aromatic N) is 4. The van der Waals surface area contributed by atoms with E-state index in [1.807, 2.05) is 61.8 Å². The van der Waals surface area contributed by atoms with E-state index in [0.717, 1.165) is 83.8 Å². The Morgan fingerprint density at radius 1 is 0.706 bits per heavy atom. The van der Waals surface area contributed by atoms with Crippen LogP contribution >= 0.6 is 0 Å². The molecule has 0 aliphatic heterocycles. The standard InChI is InChI=1S/C45H42N4O2/c1-44(2,3)29-26-33(42(50)34(27-29)45(4,5)6)43-47-41-31(18-13-20-36(41)48(43)7)28-15-12-16-30(25-28)49(39-23-10-11-24-46-39)35-19-14-22-38-40(35)32-17-8-9-21-37(32)51-38/h8-27,50H,1-7H3. The van der Waals surface area contributed by atoms with Crippen LogP contribution in [-0.4, -0.2) is 19.6 Å². The average Bonchev–Trinajstić information content (AvgIpc) is 3.66. The van der Waals surface area contributed by atoms with Gasteiger partial charge in [0.1, 0.15) is 28.6 Å². The number of aryl methyl sites for hydroxylation is 1. The van der Waals surface area contributed by atoms with Gasteiger partial charge in [0.05, 0.1) is 27.7 Å². The zero-order valence-corrected chi connectivity index (χ0v) is 30.2. The van der Waals surface area contributed by atoms with Crippen LogP contribution in [0.3, 0.4) is 0 Å². The molecule has 8 aromatic rings. The summed E-state index contributed by atoms with van der Waals surface area (Å²) in [5.41, 5.74) is 9.97. The van der Waals surface area contributed by atoms with E-state index < -0.39 is 0 Å². The van der Waals surface area contributed by atoms with Crippen molar-refractivity contribution < 1.29 is 9.52 Å². The van der Waals surface area contributed by atoms with Crippen LogP contribution in [0.15, 0.2) is 126 Å². The third kappa shape index (κ3) is 5.52. The van der Waals surface area contributed by atoms with Gasteiger partial charge in [-0.15, -0.1) is 0 Å². The number of rotatable bonds is 5. The zero-order valence-electron chi connectivity index (χ0n) is 30.2. The normalized spacial score (nSPS) is 12.3. The number of hydrogen-bond donors (Lipinski definition) is 1. The number of para-hydroxylation sites is 2. The fourth-order valence-electron chi connectivity index (χ4n) is 7.13. The lowest BCUT2D eigenvalue weighted by molar-refractivity contribution is 0.446. The third-order valence-electron chi connectivity index (χ3n) is 9.85. The number of aromatic hydroxyl groups is 1. The number of aromatic nitrogens is 3. The van der Waals surface area contributed by atoms with Gasteiger partial charge >= 0.3 is 0 Å². The molecule has 6 heteroatoms. The molecule has 3 heterocycles. The van der Waals surface area contributed by atoms with Crippen LogP contribution in [0.4, 0.5) is 17.2 Å².